The lowest BCUT2D eigenvalue weighted by molar-refractivity contribution is -0.120. The Morgan fingerprint density at radius 3 is 2.16 bits per heavy atom. The van der Waals surface area contributed by atoms with Crippen molar-refractivity contribution >= 4 is 40.4 Å². The van der Waals surface area contributed by atoms with E-state index in [-0.39, 0.29) is 11.3 Å². The number of amides is 2. The molecule has 0 aromatic heterocycles. The molecule has 1 heterocycles. The molecule has 0 saturated heterocycles. The van der Waals surface area contributed by atoms with Crippen LogP contribution in [-0.4, -0.2) is 25.5 Å². The number of methoxy groups -OCH3 is 1. The van der Waals surface area contributed by atoms with E-state index in [1.807, 2.05) is 6.92 Å². The first-order valence-electron chi connectivity index (χ1n) is 10.1. The number of carbonyl (C=O) groups excluding carboxylic acids is 2. The molecule has 1 aliphatic heterocycles. The molecule has 162 valence electrons. The summed E-state index contributed by atoms with van der Waals surface area (Å²) in [5.41, 5.74) is 2.00. The monoisotopic (exact) mass is 448 g/mol. The van der Waals surface area contributed by atoms with Gasteiger partial charge in [0.2, 0.25) is 0 Å². The van der Waals surface area contributed by atoms with E-state index in [0.29, 0.717) is 40.1 Å². The van der Waals surface area contributed by atoms with Crippen LogP contribution >= 0.6 is 11.6 Å². The van der Waals surface area contributed by atoms with E-state index in [9.17, 15) is 9.59 Å². The van der Waals surface area contributed by atoms with Crippen molar-refractivity contribution in [2.24, 2.45) is 0 Å². The molecule has 0 atom stereocenters. The molecular formula is C25H21ClN2O4. The Hall–Kier alpha value is -3.77. The van der Waals surface area contributed by atoms with Crippen molar-refractivity contribution in [1.29, 1.82) is 0 Å². The summed E-state index contributed by atoms with van der Waals surface area (Å²) >= 11 is 6.31. The maximum Gasteiger partial charge on any atom is 0.282 e. The highest BCUT2D eigenvalue weighted by atomic mass is 35.5. The van der Waals surface area contributed by atoms with Crippen molar-refractivity contribution in [1.82, 2.24) is 0 Å². The van der Waals surface area contributed by atoms with Crippen LogP contribution in [0.3, 0.4) is 0 Å². The molecule has 3 aromatic carbocycles. The van der Waals surface area contributed by atoms with E-state index in [1.165, 1.54) is 0 Å². The molecule has 0 radical (unpaired) electrons. The van der Waals surface area contributed by atoms with Crippen molar-refractivity contribution < 1.29 is 19.1 Å². The number of hydrogen-bond acceptors (Lipinski definition) is 5. The van der Waals surface area contributed by atoms with E-state index >= 15 is 0 Å². The molecule has 4 rings (SSSR count). The fraction of sp³-hybridized carbons (Fsp3) is 0.120. The van der Waals surface area contributed by atoms with Gasteiger partial charge in [0.25, 0.3) is 11.8 Å². The number of nitrogens with one attached hydrogen (secondary N) is 1. The number of rotatable bonds is 7. The second-order valence-corrected chi connectivity index (χ2v) is 7.37. The number of ether oxygens (including phenoxy) is 2. The predicted octanol–water partition coefficient (Wildman–Crippen LogP) is 5.14. The van der Waals surface area contributed by atoms with Crippen LogP contribution in [0, 0.1) is 0 Å². The van der Waals surface area contributed by atoms with E-state index in [4.69, 9.17) is 21.1 Å². The van der Waals surface area contributed by atoms with Crippen LogP contribution < -0.4 is 19.7 Å². The standard InChI is InChI=1S/C25H21ClN2O4/c1-3-32-19-12-8-16(9-13-19)22-23(27-17-10-14-18(31-2)15-11-17)25(30)28(24(22)29)21-7-5-4-6-20(21)26/h4-15,27H,3H2,1-2H3. The van der Waals surface area contributed by atoms with Crippen LogP contribution in [0.25, 0.3) is 5.57 Å². The first-order valence-corrected chi connectivity index (χ1v) is 10.4. The number of hydrogen-bond donors (Lipinski definition) is 1. The molecule has 0 aliphatic carbocycles. The Bertz CT molecular complexity index is 1190. The molecule has 3 aromatic rings. The van der Waals surface area contributed by atoms with Gasteiger partial charge in [-0.2, -0.15) is 0 Å². The van der Waals surface area contributed by atoms with Crippen LogP contribution in [0.2, 0.25) is 5.02 Å². The van der Waals surface area contributed by atoms with Crippen molar-refractivity contribution in [2.45, 2.75) is 6.92 Å². The van der Waals surface area contributed by atoms with Gasteiger partial charge in [-0.3, -0.25) is 9.59 Å². The molecule has 0 fully saturated rings. The van der Waals surface area contributed by atoms with Gasteiger partial charge >= 0.3 is 0 Å². The van der Waals surface area contributed by atoms with Gasteiger partial charge in [0.1, 0.15) is 17.2 Å². The quantitative estimate of drug-likeness (QED) is 0.506. The van der Waals surface area contributed by atoms with Gasteiger partial charge in [-0.15, -0.1) is 0 Å². The third kappa shape index (κ3) is 4.05. The average molecular weight is 449 g/mol. The Balaban J connectivity index is 1.78. The van der Waals surface area contributed by atoms with Gasteiger partial charge in [0, 0.05) is 5.69 Å². The molecule has 0 bridgehead atoms. The van der Waals surface area contributed by atoms with Gasteiger partial charge in [-0.1, -0.05) is 35.9 Å². The zero-order chi connectivity index (χ0) is 22.7. The summed E-state index contributed by atoms with van der Waals surface area (Å²) < 4.78 is 10.7. The Morgan fingerprint density at radius 2 is 1.53 bits per heavy atom. The molecule has 7 heteroatoms. The number of imide groups is 1. The van der Waals surface area contributed by atoms with Crippen LogP contribution in [0.4, 0.5) is 11.4 Å². The van der Waals surface area contributed by atoms with E-state index in [2.05, 4.69) is 5.32 Å². The normalized spacial score (nSPS) is 13.5. The highest BCUT2D eigenvalue weighted by Crippen LogP contribution is 2.37. The SMILES string of the molecule is CCOc1ccc(C2=C(Nc3ccc(OC)cc3)C(=O)N(c3ccccc3Cl)C2=O)cc1. The molecule has 0 saturated carbocycles. The predicted molar refractivity (Wildman–Crippen MR) is 125 cm³/mol. The second-order valence-electron chi connectivity index (χ2n) is 6.96. The number of carbonyl (C=O) groups is 2. The second kappa shape index (κ2) is 9.16. The zero-order valence-corrected chi connectivity index (χ0v) is 18.3. The number of para-hydroxylation sites is 1. The lowest BCUT2D eigenvalue weighted by Gasteiger charge is -2.16. The number of benzene rings is 3. The molecule has 1 aliphatic rings. The minimum absolute atomic E-state index is 0.171. The number of nitrogens with zero attached hydrogens (tertiary/aromatic N) is 1. The number of halogens is 1. The largest absolute Gasteiger partial charge is 0.497 e. The van der Waals surface area contributed by atoms with Crippen molar-refractivity contribution in [3.63, 3.8) is 0 Å². The lowest BCUT2D eigenvalue weighted by Crippen LogP contribution is -2.32. The van der Waals surface area contributed by atoms with E-state index in [0.717, 1.165) is 4.90 Å². The van der Waals surface area contributed by atoms with Crippen molar-refractivity contribution in [3.05, 3.63) is 89.1 Å². The molecule has 0 spiro atoms. The molecule has 1 N–H and O–H groups in total. The third-order valence-corrected chi connectivity index (χ3v) is 5.31. The van der Waals surface area contributed by atoms with Gasteiger partial charge < -0.3 is 14.8 Å². The Kier molecular flexibility index (Phi) is 6.14. The van der Waals surface area contributed by atoms with Gasteiger partial charge in [-0.25, -0.2) is 4.90 Å². The maximum absolute atomic E-state index is 13.5. The topological polar surface area (TPSA) is 67.9 Å². The van der Waals surface area contributed by atoms with Crippen LogP contribution in [0.1, 0.15) is 12.5 Å². The van der Waals surface area contributed by atoms with E-state index < -0.39 is 11.8 Å². The van der Waals surface area contributed by atoms with Crippen LogP contribution in [0.5, 0.6) is 11.5 Å². The highest BCUT2D eigenvalue weighted by Gasteiger charge is 2.41. The zero-order valence-electron chi connectivity index (χ0n) is 17.6. The smallest absolute Gasteiger partial charge is 0.282 e. The molecular weight excluding hydrogens is 428 g/mol. The summed E-state index contributed by atoms with van der Waals surface area (Å²) in [6, 6.07) is 20.9. The average Bonchev–Trinajstić information content (AvgIpc) is 3.05. The summed E-state index contributed by atoms with van der Waals surface area (Å²) in [6.07, 6.45) is 0. The fourth-order valence-electron chi connectivity index (χ4n) is 3.47. The van der Waals surface area contributed by atoms with Crippen LogP contribution in [-0.2, 0) is 9.59 Å². The lowest BCUT2D eigenvalue weighted by atomic mass is 10.0. The summed E-state index contributed by atoms with van der Waals surface area (Å²) in [5.74, 6) is 0.426. The van der Waals surface area contributed by atoms with Crippen LogP contribution in [0.15, 0.2) is 78.5 Å². The molecule has 32 heavy (non-hydrogen) atoms. The Labute approximate surface area is 191 Å². The Morgan fingerprint density at radius 1 is 0.875 bits per heavy atom. The summed E-state index contributed by atoms with van der Waals surface area (Å²) in [6.45, 7) is 2.43. The minimum atomic E-state index is -0.484. The molecule has 0 unspecified atom stereocenters. The van der Waals surface area contributed by atoms with E-state index in [1.54, 1.807) is 79.9 Å². The third-order valence-electron chi connectivity index (χ3n) is 4.99. The fourth-order valence-corrected chi connectivity index (χ4v) is 3.69. The summed E-state index contributed by atoms with van der Waals surface area (Å²) in [4.78, 5) is 28.0. The maximum atomic E-state index is 13.5. The number of anilines is 2. The molecule has 6 nitrogen and oxygen atoms in total. The van der Waals surface area contributed by atoms with Crippen molar-refractivity contribution in [3.8, 4) is 11.5 Å². The first-order chi connectivity index (χ1) is 15.5. The summed E-state index contributed by atoms with van der Waals surface area (Å²) in [7, 11) is 1.58. The van der Waals surface area contributed by atoms with Gasteiger partial charge in [0.05, 0.1) is 30.0 Å². The molecule has 2 amide bonds. The van der Waals surface area contributed by atoms with Crippen molar-refractivity contribution in [2.75, 3.05) is 23.9 Å². The van der Waals surface area contributed by atoms with Gasteiger partial charge in [-0.05, 0) is 61.0 Å². The highest BCUT2D eigenvalue weighted by molar-refractivity contribution is 6.48. The van der Waals surface area contributed by atoms with Gasteiger partial charge in [0.15, 0.2) is 0 Å². The summed E-state index contributed by atoms with van der Waals surface area (Å²) in [5, 5.41) is 3.43. The minimum Gasteiger partial charge on any atom is -0.497 e. The first kappa shape index (κ1) is 21.5.